The summed E-state index contributed by atoms with van der Waals surface area (Å²) in [5.74, 6) is 1.92. The molecule has 0 fully saturated rings. The molecule has 0 saturated carbocycles. The van der Waals surface area contributed by atoms with E-state index in [-0.39, 0.29) is 0 Å². The first kappa shape index (κ1) is 23.2. The average Bonchev–Trinajstić information content (AvgIpc) is 2.80. The number of hydrogen-bond acceptors (Lipinski definition) is 3. The Kier molecular flexibility index (Phi) is 9.28. The van der Waals surface area contributed by atoms with Crippen LogP contribution >= 0.6 is 35.4 Å². The number of hydrogen-bond donors (Lipinski definition) is 2. The lowest BCUT2D eigenvalue weighted by Crippen LogP contribution is -2.27. The van der Waals surface area contributed by atoms with Crippen molar-refractivity contribution in [2.45, 2.75) is 6.61 Å². The standard InChI is InChI=1S/C24H25Cl2N3OS/c25-14-16-29(17-15-26)22-10-6-20(7-11-22)27-24(31)28-21-8-12-23(13-9-21)30-18-19-4-2-1-3-5-19/h1-13H,14-18H2,(H2,27,28,31). The summed E-state index contributed by atoms with van der Waals surface area (Å²) in [6.07, 6.45) is 0. The van der Waals surface area contributed by atoms with Gasteiger partial charge in [-0.25, -0.2) is 0 Å². The number of nitrogens with zero attached hydrogens (tertiary/aromatic N) is 1. The molecule has 0 aliphatic heterocycles. The molecule has 2 N–H and O–H groups in total. The van der Waals surface area contributed by atoms with Crippen LogP contribution in [-0.2, 0) is 6.61 Å². The van der Waals surface area contributed by atoms with Crippen molar-refractivity contribution in [3.05, 3.63) is 84.4 Å². The summed E-state index contributed by atoms with van der Waals surface area (Å²) in [6, 6.07) is 25.8. The van der Waals surface area contributed by atoms with Gasteiger partial charge in [0.25, 0.3) is 0 Å². The van der Waals surface area contributed by atoms with Crippen LogP contribution in [0, 0.1) is 0 Å². The SMILES string of the molecule is S=C(Nc1ccc(OCc2ccccc2)cc1)Nc1ccc(N(CCCl)CCCl)cc1. The van der Waals surface area contributed by atoms with Gasteiger partial charge < -0.3 is 20.3 Å². The largest absolute Gasteiger partial charge is 0.489 e. The monoisotopic (exact) mass is 473 g/mol. The molecule has 0 aromatic heterocycles. The van der Waals surface area contributed by atoms with Crippen molar-refractivity contribution in [1.82, 2.24) is 0 Å². The van der Waals surface area contributed by atoms with Crippen LogP contribution < -0.4 is 20.3 Å². The van der Waals surface area contributed by atoms with Crippen LogP contribution in [0.25, 0.3) is 0 Å². The highest BCUT2D eigenvalue weighted by Crippen LogP contribution is 2.20. The van der Waals surface area contributed by atoms with E-state index in [1.54, 1.807) is 0 Å². The van der Waals surface area contributed by atoms with Gasteiger partial charge in [0.15, 0.2) is 5.11 Å². The van der Waals surface area contributed by atoms with Crippen molar-refractivity contribution in [3.63, 3.8) is 0 Å². The molecule has 3 rings (SSSR count). The maximum atomic E-state index is 5.88. The van der Waals surface area contributed by atoms with Crippen LogP contribution in [0.2, 0.25) is 0 Å². The van der Waals surface area contributed by atoms with E-state index in [1.165, 1.54) is 0 Å². The zero-order chi connectivity index (χ0) is 21.9. The first-order valence-electron chi connectivity index (χ1n) is 9.99. The smallest absolute Gasteiger partial charge is 0.175 e. The Bertz CT molecular complexity index is 931. The van der Waals surface area contributed by atoms with Gasteiger partial charge in [-0.1, -0.05) is 30.3 Å². The molecule has 7 heteroatoms. The molecule has 4 nitrogen and oxygen atoms in total. The van der Waals surface area contributed by atoms with E-state index in [4.69, 9.17) is 40.2 Å². The zero-order valence-electron chi connectivity index (χ0n) is 17.1. The molecule has 0 spiro atoms. The Hall–Kier alpha value is -2.47. The maximum Gasteiger partial charge on any atom is 0.175 e. The fourth-order valence-corrected chi connectivity index (χ4v) is 3.64. The lowest BCUT2D eigenvalue weighted by molar-refractivity contribution is 0.306. The minimum absolute atomic E-state index is 0.518. The van der Waals surface area contributed by atoms with Gasteiger partial charge in [0.1, 0.15) is 12.4 Å². The second-order valence-corrected chi connectivity index (χ2v) is 7.95. The van der Waals surface area contributed by atoms with Gasteiger partial charge in [-0.15, -0.1) is 23.2 Å². The summed E-state index contributed by atoms with van der Waals surface area (Å²) in [5, 5.41) is 6.91. The van der Waals surface area contributed by atoms with Gasteiger partial charge in [-0.2, -0.15) is 0 Å². The van der Waals surface area contributed by atoms with E-state index in [0.717, 1.165) is 41.5 Å². The molecule has 0 aliphatic rings. The molecule has 0 heterocycles. The van der Waals surface area contributed by atoms with Crippen molar-refractivity contribution in [1.29, 1.82) is 0 Å². The molecule has 0 radical (unpaired) electrons. The van der Waals surface area contributed by atoms with E-state index in [0.29, 0.717) is 23.5 Å². The predicted molar refractivity (Wildman–Crippen MR) is 137 cm³/mol. The third-order valence-electron chi connectivity index (χ3n) is 4.56. The molecule has 0 atom stereocenters. The van der Waals surface area contributed by atoms with Crippen LogP contribution in [0.3, 0.4) is 0 Å². The minimum atomic E-state index is 0.518. The molecule has 0 unspecified atom stereocenters. The number of thiocarbonyl (C=S) groups is 1. The normalized spacial score (nSPS) is 10.4. The van der Waals surface area contributed by atoms with E-state index < -0.39 is 0 Å². The van der Waals surface area contributed by atoms with Crippen molar-refractivity contribution in [2.75, 3.05) is 40.4 Å². The number of halogens is 2. The quantitative estimate of drug-likeness (QED) is 0.264. The second kappa shape index (κ2) is 12.4. The first-order valence-corrected chi connectivity index (χ1v) is 11.5. The lowest BCUT2D eigenvalue weighted by Gasteiger charge is -2.23. The van der Waals surface area contributed by atoms with Crippen molar-refractivity contribution in [3.8, 4) is 5.75 Å². The molecule has 3 aromatic rings. The first-order chi connectivity index (χ1) is 15.2. The molecule has 3 aromatic carbocycles. The van der Waals surface area contributed by atoms with E-state index in [1.807, 2.05) is 78.9 Å². The molecule has 0 saturated heterocycles. The summed E-state index contributed by atoms with van der Waals surface area (Å²) < 4.78 is 5.82. The Labute approximate surface area is 199 Å². The number of rotatable bonds is 10. The number of alkyl halides is 2. The van der Waals surface area contributed by atoms with Crippen molar-refractivity contribution in [2.24, 2.45) is 0 Å². The number of anilines is 3. The van der Waals surface area contributed by atoms with Crippen LogP contribution in [-0.4, -0.2) is 30.0 Å². The Balaban J connectivity index is 1.49. The van der Waals surface area contributed by atoms with Gasteiger partial charge >= 0.3 is 0 Å². The van der Waals surface area contributed by atoms with Gasteiger partial charge in [-0.05, 0) is 66.3 Å². The number of ether oxygens (including phenoxy) is 1. The highest BCUT2D eigenvalue weighted by atomic mass is 35.5. The fraction of sp³-hybridized carbons (Fsp3) is 0.208. The van der Waals surface area contributed by atoms with Crippen molar-refractivity contribution >= 4 is 57.6 Å². The molecule has 162 valence electrons. The molecule has 31 heavy (non-hydrogen) atoms. The second-order valence-electron chi connectivity index (χ2n) is 6.79. The molecular weight excluding hydrogens is 449 g/mol. The average molecular weight is 474 g/mol. The summed E-state index contributed by atoms with van der Waals surface area (Å²) in [4.78, 5) is 2.15. The summed E-state index contributed by atoms with van der Waals surface area (Å²) >= 11 is 17.2. The van der Waals surface area contributed by atoms with Crippen LogP contribution in [0.5, 0.6) is 5.75 Å². The summed E-state index contributed by atoms with van der Waals surface area (Å²) in [5.41, 5.74) is 4.00. The molecule has 0 aliphatic carbocycles. The highest BCUT2D eigenvalue weighted by molar-refractivity contribution is 7.80. The van der Waals surface area contributed by atoms with Gasteiger partial charge in [0.05, 0.1) is 0 Å². The third kappa shape index (κ3) is 7.62. The van der Waals surface area contributed by atoms with Crippen molar-refractivity contribution < 1.29 is 4.74 Å². The Morgan fingerprint density at radius 2 is 1.32 bits per heavy atom. The highest BCUT2D eigenvalue weighted by Gasteiger charge is 2.06. The summed E-state index contributed by atoms with van der Waals surface area (Å²) in [6.45, 7) is 2.05. The molecular formula is C24H25Cl2N3OS. The van der Waals surface area contributed by atoms with Gasteiger partial charge in [0.2, 0.25) is 0 Å². The van der Waals surface area contributed by atoms with E-state index in [9.17, 15) is 0 Å². The van der Waals surface area contributed by atoms with E-state index in [2.05, 4.69) is 15.5 Å². The van der Waals surface area contributed by atoms with Crippen LogP contribution in [0.4, 0.5) is 17.1 Å². The summed E-state index contributed by atoms with van der Waals surface area (Å²) in [7, 11) is 0. The zero-order valence-corrected chi connectivity index (χ0v) is 19.4. The predicted octanol–water partition coefficient (Wildman–Crippen LogP) is 6.36. The molecule has 0 bridgehead atoms. The Morgan fingerprint density at radius 1 is 0.774 bits per heavy atom. The fourth-order valence-electron chi connectivity index (χ4n) is 3.00. The number of nitrogens with one attached hydrogen (secondary N) is 2. The molecule has 0 amide bonds. The number of benzene rings is 3. The van der Waals surface area contributed by atoms with Crippen LogP contribution in [0.1, 0.15) is 5.56 Å². The van der Waals surface area contributed by atoms with Crippen LogP contribution in [0.15, 0.2) is 78.9 Å². The van der Waals surface area contributed by atoms with E-state index >= 15 is 0 Å². The van der Waals surface area contributed by atoms with Gasteiger partial charge in [0, 0.05) is 41.9 Å². The third-order valence-corrected chi connectivity index (χ3v) is 5.10. The maximum absolute atomic E-state index is 5.88. The van der Waals surface area contributed by atoms with Gasteiger partial charge in [-0.3, -0.25) is 0 Å². The topological polar surface area (TPSA) is 36.5 Å². The lowest BCUT2D eigenvalue weighted by atomic mass is 10.2. The Morgan fingerprint density at radius 3 is 1.87 bits per heavy atom. The minimum Gasteiger partial charge on any atom is -0.489 e.